The topological polar surface area (TPSA) is 57.9 Å². The number of halogens is 4. The summed E-state index contributed by atoms with van der Waals surface area (Å²) < 4.78 is 42.3. The van der Waals surface area contributed by atoms with E-state index in [-0.39, 0.29) is 34.9 Å². The number of rotatable bonds is 3. The van der Waals surface area contributed by atoms with E-state index in [2.05, 4.69) is 4.98 Å². The molecule has 1 saturated heterocycles. The number of piperazine rings is 1. The predicted octanol–water partition coefficient (Wildman–Crippen LogP) is 3.97. The van der Waals surface area contributed by atoms with Gasteiger partial charge in [0.1, 0.15) is 11.7 Å². The molecule has 0 radical (unpaired) electrons. The molecule has 1 aliphatic heterocycles. The van der Waals surface area contributed by atoms with Crippen LogP contribution in [0.3, 0.4) is 0 Å². The Balaban J connectivity index is 1.28. The first kappa shape index (κ1) is 20.3. The Morgan fingerprint density at radius 1 is 1.12 bits per heavy atom. The van der Waals surface area contributed by atoms with E-state index in [1.165, 1.54) is 11.3 Å². The normalized spacial score (nSPS) is 27.9. The fourth-order valence-corrected chi connectivity index (χ4v) is 5.95. The van der Waals surface area contributed by atoms with Crippen molar-refractivity contribution in [3.05, 3.63) is 34.2 Å². The average molecular weight is 467 g/mol. The van der Waals surface area contributed by atoms with Gasteiger partial charge in [-0.15, -0.1) is 0 Å². The third-order valence-electron chi connectivity index (χ3n) is 7.51. The maximum atomic E-state index is 13.7. The molecule has 4 aliphatic rings. The van der Waals surface area contributed by atoms with E-state index >= 15 is 0 Å². The molecule has 0 aromatic carbocycles. The number of carbonyl (C=O) groups is 2. The minimum absolute atomic E-state index is 0.0748. The zero-order valence-corrected chi connectivity index (χ0v) is 18.0. The maximum Gasteiger partial charge on any atom is 0.419 e. The van der Waals surface area contributed by atoms with Crippen molar-refractivity contribution in [2.24, 2.45) is 11.8 Å². The number of carbonyl (C=O) groups excluding carboxylic acids is 2. The fraction of sp³-hybridized carbons (Fsp3) is 0.591. The van der Waals surface area contributed by atoms with Gasteiger partial charge in [-0.3, -0.25) is 14.0 Å². The Kier molecular flexibility index (Phi) is 4.35. The lowest BCUT2D eigenvalue weighted by Crippen LogP contribution is -2.53. The summed E-state index contributed by atoms with van der Waals surface area (Å²) in [4.78, 5) is 33.1. The molecule has 4 fully saturated rings. The quantitative estimate of drug-likeness (QED) is 0.688. The van der Waals surface area contributed by atoms with Crippen LogP contribution in [-0.2, 0) is 11.0 Å². The van der Waals surface area contributed by atoms with Gasteiger partial charge >= 0.3 is 6.18 Å². The van der Waals surface area contributed by atoms with Crippen LogP contribution in [0.4, 0.5) is 13.2 Å². The minimum Gasteiger partial charge on any atom is -0.336 e. The van der Waals surface area contributed by atoms with E-state index in [1.54, 1.807) is 6.20 Å². The molecule has 0 N–H and O–H groups in total. The standard InChI is InChI=1S/C22H22ClF3N4O2/c23-19-17(27-20-15(22(24,25)26)8-12(9-30(19)20)11-4-5-11)21(32)28-6-7-29(16(31)10-28)18-13-2-1-3-14(13)18/h8-9,11,13-14,18H,1-7,10H2/t13-,14+,18+. The van der Waals surface area contributed by atoms with Gasteiger partial charge in [0.25, 0.3) is 5.91 Å². The Morgan fingerprint density at radius 2 is 1.84 bits per heavy atom. The number of fused-ring (bicyclic) bond motifs is 2. The lowest BCUT2D eigenvalue weighted by atomic mass is 10.1. The molecule has 0 spiro atoms. The second-order valence-corrected chi connectivity index (χ2v) is 9.83. The molecule has 2 aromatic rings. The SMILES string of the molecule is O=C(c1nc2c(C(F)(F)F)cc(C3CC3)cn2c1Cl)N1CCN([C@H]2[C@@H]3CCC[C@@H]32)C(=O)C1. The fourth-order valence-electron chi connectivity index (χ4n) is 5.69. The molecular weight excluding hydrogens is 445 g/mol. The van der Waals surface area contributed by atoms with E-state index in [1.807, 2.05) is 4.90 Å². The third-order valence-corrected chi connectivity index (χ3v) is 7.87. The van der Waals surface area contributed by atoms with Crippen molar-refractivity contribution in [3.63, 3.8) is 0 Å². The maximum absolute atomic E-state index is 13.7. The number of aromatic nitrogens is 2. The number of amides is 2. The lowest BCUT2D eigenvalue weighted by molar-refractivity contribution is -0.137. The predicted molar refractivity (Wildman–Crippen MR) is 109 cm³/mol. The summed E-state index contributed by atoms with van der Waals surface area (Å²) in [5, 5.41) is -0.149. The summed E-state index contributed by atoms with van der Waals surface area (Å²) in [6.45, 7) is 0.662. The van der Waals surface area contributed by atoms with Crippen molar-refractivity contribution in [3.8, 4) is 0 Å². The van der Waals surface area contributed by atoms with Gasteiger partial charge < -0.3 is 9.80 Å². The molecule has 3 atom stereocenters. The molecule has 0 unspecified atom stereocenters. The molecule has 3 aliphatic carbocycles. The molecule has 3 saturated carbocycles. The summed E-state index contributed by atoms with van der Waals surface area (Å²) in [6.07, 6.45) is 2.11. The zero-order valence-electron chi connectivity index (χ0n) is 17.2. The zero-order chi connectivity index (χ0) is 22.4. The molecule has 170 valence electrons. The average Bonchev–Trinajstić information content (AvgIpc) is 3.64. The van der Waals surface area contributed by atoms with Crippen LogP contribution in [0.1, 0.15) is 59.6 Å². The van der Waals surface area contributed by atoms with Gasteiger partial charge in [0.15, 0.2) is 11.3 Å². The first-order chi connectivity index (χ1) is 15.2. The van der Waals surface area contributed by atoms with Gasteiger partial charge in [0.2, 0.25) is 5.91 Å². The Labute approximate surface area is 187 Å². The van der Waals surface area contributed by atoms with Crippen LogP contribution in [0.25, 0.3) is 5.65 Å². The third kappa shape index (κ3) is 3.11. The summed E-state index contributed by atoms with van der Waals surface area (Å²) in [6, 6.07) is 1.40. The Hall–Kier alpha value is -2.29. The van der Waals surface area contributed by atoms with Crippen LogP contribution in [0.15, 0.2) is 12.3 Å². The highest BCUT2D eigenvalue weighted by Gasteiger charge is 2.57. The van der Waals surface area contributed by atoms with Crippen molar-refractivity contribution in [2.45, 2.75) is 50.2 Å². The van der Waals surface area contributed by atoms with Crippen LogP contribution >= 0.6 is 11.6 Å². The van der Waals surface area contributed by atoms with E-state index in [0.717, 1.165) is 36.2 Å². The van der Waals surface area contributed by atoms with Gasteiger partial charge in [-0.05, 0) is 55.1 Å². The number of pyridine rings is 1. The number of imidazole rings is 1. The van der Waals surface area contributed by atoms with Crippen molar-refractivity contribution >= 4 is 29.1 Å². The molecule has 0 bridgehead atoms. The van der Waals surface area contributed by atoms with E-state index < -0.39 is 17.6 Å². The summed E-state index contributed by atoms with van der Waals surface area (Å²) in [7, 11) is 0. The largest absolute Gasteiger partial charge is 0.419 e. The number of nitrogens with zero attached hydrogens (tertiary/aromatic N) is 4. The summed E-state index contributed by atoms with van der Waals surface area (Å²) in [5.74, 6) is 0.538. The molecule has 10 heteroatoms. The van der Waals surface area contributed by atoms with Gasteiger partial charge in [-0.25, -0.2) is 4.98 Å². The Morgan fingerprint density at radius 3 is 2.47 bits per heavy atom. The highest BCUT2D eigenvalue weighted by Crippen LogP contribution is 2.55. The molecule has 2 amide bonds. The van der Waals surface area contributed by atoms with Crippen LogP contribution < -0.4 is 0 Å². The van der Waals surface area contributed by atoms with Crippen molar-refractivity contribution in [2.75, 3.05) is 19.6 Å². The summed E-state index contributed by atoms with van der Waals surface area (Å²) in [5.41, 5.74) is -0.980. The van der Waals surface area contributed by atoms with E-state index in [0.29, 0.717) is 36.5 Å². The monoisotopic (exact) mass is 466 g/mol. The lowest BCUT2D eigenvalue weighted by Gasteiger charge is -2.35. The second-order valence-electron chi connectivity index (χ2n) is 9.47. The van der Waals surface area contributed by atoms with Crippen LogP contribution in [0.5, 0.6) is 0 Å². The highest BCUT2D eigenvalue weighted by molar-refractivity contribution is 6.33. The summed E-state index contributed by atoms with van der Waals surface area (Å²) >= 11 is 6.37. The van der Waals surface area contributed by atoms with E-state index in [4.69, 9.17) is 11.6 Å². The van der Waals surface area contributed by atoms with Gasteiger partial charge in [-0.2, -0.15) is 13.2 Å². The Bertz CT molecular complexity index is 1130. The number of hydrogen-bond acceptors (Lipinski definition) is 3. The van der Waals surface area contributed by atoms with Gasteiger partial charge in [-0.1, -0.05) is 18.0 Å². The van der Waals surface area contributed by atoms with Crippen molar-refractivity contribution < 1.29 is 22.8 Å². The molecule has 2 aromatic heterocycles. The molecule has 32 heavy (non-hydrogen) atoms. The molecule has 6 rings (SSSR count). The molecular formula is C22H22ClF3N4O2. The minimum atomic E-state index is -4.62. The van der Waals surface area contributed by atoms with Crippen molar-refractivity contribution in [1.82, 2.24) is 19.2 Å². The van der Waals surface area contributed by atoms with Gasteiger partial charge in [0.05, 0.1) is 5.56 Å². The first-order valence-electron chi connectivity index (χ1n) is 11.1. The highest BCUT2D eigenvalue weighted by atomic mass is 35.5. The van der Waals surface area contributed by atoms with E-state index in [9.17, 15) is 22.8 Å². The van der Waals surface area contributed by atoms with Crippen LogP contribution in [0, 0.1) is 11.8 Å². The van der Waals surface area contributed by atoms with Gasteiger partial charge in [0, 0.05) is 25.3 Å². The van der Waals surface area contributed by atoms with Crippen LogP contribution in [0.2, 0.25) is 5.15 Å². The van der Waals surface area contributed by atoms with Crippen molar-refractivity contribution in [1.29, 1.82) is 0 Å². The number of alkyl halides is 3. The number of hydrogen-bond donors (Lipinski definition) is 0. The molecule has 3 heterocycles. The second kappa shape index (κ2) is 6.85. The smallest absolute Gasteiger partial charge is 0.336 e. The molecule has 6 nitrogen and oxygen atoms in total. The first-order valence-corrected chi connectivity index (χ1v) is 11.5. The van der Waals surface area contributed by atoms with Crippen LogP contribution in [-0.4, -0.2) is 56.7 Å².